The Hall–Kier alpha value is -2.84. The van der Waals surface area contributed by atoms with Gasteiger partial charge in [-0.1, -0.05) is 264 Å². The highest BCUT2D eigenvalue weighted by atomic mass is 31.2. The van der Waals surface area contributed by atoms with E-state index in [4.69, 9.17) is 9.05 Å². The molecule has 0 aliphatic carbocycles. The van der Waals surface area contributed by atoms with Crippen LogP contribution in [0.3, 0.4) is 0 Å². The van der Waals surface area contributed by atoms with Crippen LogP contribution in [0.1, 0.15) is 245 Å². The number of nitrogens with zero attached hydrogens (tertiary/aromatic N) is 1. The highest BCUT2D eigenvalue weighted by molar-refractivity contribution is 7.47. The molecule has 0 saturated heterocycles. The summed E-state index contributed by atoms with van der Waals surface area (Å²) in [6.45, 7) is 4.76. The fraction of sp³-hybridized carbons (Fsp3) is 0.708. The molecule has 0 bridgehead atoms. The maximum Gasteiger partial charge on any atom is 0.472 e. The highest BCUT2D eigenvalue weighted by Gasteiger charge is 2.28. The average Bonchev–Trinajstić information content (AvgIpc) is 3.36. The van der Waals surface area contributed by atoms with Crippen molar-refractivity contribution >= 4 is 13.7 Å². The van der Waals surface area contributed by atoms with Crippen LogP contribution in [-0.2, 0) is 18.4 Å². The quantitative estimate of drug-likeness (QED) is 0.0243. The Morgan fingerprint density at radius 1 is 0.473 bits per heavy atom. The molecule has 426 valence electrons. The molecule has 3 unspecified atom stereocenters. The molecule has 0 heterocycles. The summed E-state index contributed by atoms with van der Waals surface area (Å²) in [5.74, 6) is -0.166. The summed E-state index contributed by atoms with van der Waals surface area (Å²) in [6, 6.07) is -0.780. The second kappa shape index (κ2) is 54.9. The van der Waals surface area contributed by atoms with Gasteiger partial charge in [-0.3, -0.25) is 13.8 Å². The Bertz CT molecular complexity index is 1570. The van der Waals surface area contributed by atoms with Crippen molar-refractivity contribution in [3.05, 3.63) is 109 Å². The SMILES string of the molecule is CC/C=C\C/C=C\C/C=C\C/C=C\C/C=C\C/C=C\C/C=C\C/C=C\C/C=C\CCCCCCCC(=O)NC(COP(=O)(O)OCC[N+](C)(C)C)C(O)CCCCCCCCCCCCCCCCCCCCC. The van der Waals surface area contributed by atoms with Gasteiger partial charge in [-0.15, -0.1) is 0 Å². The molecule has 0 rings (SSSR count). The lowest BCUT2D eigenvalue weighted by Crippen LogP contribution is -2.46. The van der Waals surface area contributed by atoms with E-state index >= 15 is 0 Å². The third-order valence-electron chi connectivity index (χ3n) is 13.0. The molecule has 0 saturated carbocycles. The number of amides is 1. The van der Waals surface area contributed by atoms with Crippen LogP contribution in [-0.4, -0.2) is 73.4 Å². The third kappa shape index (κ3) is 56.9. The predicted molar refractivity (Wildman–Crippen MR) is 322 cm³/mol. The first-order valence-corrected chi connectivity index (χ1v) is 31.7. The van der Waals surface area contributed by atoms with Gasteiger partial charge in [-0.2, -0.15) is 0 Å². The molecule has 0 radical (unpaired) electrons. The van der Waals surface area contributed by atoms with Gasteiger partial charge < -0.3 is 19.8 Å². The summed E-state index contributed by atoms with van der Waals surface area (Å²) in [5.41, 5.74) is 0. The van der Waals surface area contributed by atoms with E-state index in [0.29, 0.717) is 23.9 Å². The monoisotopic (exact) mass is 1050 g/mol. The number of quaternary nitrogens is 1. The standard InChI is InChI=1S/C65H115N2O6P/c1-6-8-10-12-14-16-18-20-22-24-26-27-28-29-30-31-32-33-34-35-36-37-38-39-41-43-45-47-49-51-53-55-57-59-65(69)66-63(62-73-74(70,71)72-61-60-67(3,4)5)64(68)58-56-54-52-50-48-46-44-42-40-25-23-21-19-17-15-13-11-9-7-2/h8,10,14,16,20,22,26-27,29-30,32-33,35-36,38-39,43,45,63-64,68H,6-7,9,11-13,15,17-19,21,23-25,28,31,34,37,40-42,44,46-62H2,1-5H3,(H-,66,69,70,71)/p+1/b10-8-,16-14-,22-20-,27-26-,30-29-,33-32-,36-35-,39-38-,45-43-. The van der Waals surface area contributed by atoms with E-state index < -0.39 is 20.0 Å². The number of hydrogen-bond acceptors (Lipinski definition) is 5. The summed E-state index contributed by atoms with van der Waals surface area (Å²) >= 11 is 0. The molecule has 0 aliphatic heterocycles. The molecule has 3 atom stereocenters. The van der Waals surface area contributed by atoms with E-state index in [1.54, 1.807) is 0 Å². The zero-order valence-electron chi connectivity index (χ0n) is 48.5. The second-order valence-electron chi connectivity index (χ2n) is 21.3. The Morgan fingerprint density at radius 2 is 0.811 bits per heavy atom. The summed E-state index contributed by atoms with van der Waals surface area (Å²) < 4.78 is 23.8. The van der Waals surface area contributed by atoms with Crippen molar-refractivity contribution in [1.29, 1.82) is 0 Å². The van der Waals surface area contributed by atoms with Crippen molar-refractivity contribution in [3.8, 4) is 0 Å². The van der Waals surface area contributed by atoms with Crippen molar-refractivity contribution in [2.75, 3.05) is 40.9 Å². The number of phosphoric ester groups is 1. The van der Waals surface area contributed by atoms with E-state index in [1.165, 1.54) is 103 Å². The first-order chi connectivity index (χ1) is 36.0. The van der Waals surface area contributed by atoms with Crippen LogP contribution in [0.2, 0.25) is 0 Å². The van der Waals surface area contributed by atoms with Crippen LogP contribution in [0, 0.1) is 0 Å². The number of unbranched alkanes of at least 4 members (excludes halogenated alkanes) is 23. The predicted octanol–water partition coefficient (Wildman–Crippen LogP) is 18.8. The molecule has 74 heavy (non-hydrogen) atoms. The lowest BCUT2D eigenvalue weighted by Gasteiger charge is -2.26. The minimum absolute atomic E-state index is 0.0651. The smallest absolute Gasteiger partial charge is 0.391 e. The molecule has 0 aromatic rings. The number of nitrogens with one attached hydrogen (secondary N) is 1. The van der Waals surface area contributed by atoms with E-state index in [9.17, 15) is 19.4 Å². The molecule has 8 nitrogen and oxygen atoms in total. The van der Waals surface area contributed by atoms with Gasteiger partial charge in [0.1, 0.15) is 13.2 Å². The van der Waals surface area contributed by atoms with Crippen molar-refractivity contribution in [1.82, 2.24) is 5.32 Å². The van der Waals surface area contributed by atoms with Crippen LogP contribution >= 0.6 is 7.82 Å². The molecular weight excluding hydrogens is 936 g/mol. The molecule has 0 spiro atoms. The average molecular weight is 1050 g/mol. The fourth-order valence-electron chi connectivity index (χ4n) is 8.33. The first-order valence-electron chi connectivity index (χ1n) is 30.3. The minimum Gasteiger partial charge on any atom is -0.391 e. The van der Waals surface area contributed by atoms with E-state index in [-0.39, 0.29) is 19.1 Å². The van der Waals surface area contributed by atoms with Crippen molar-refractivity contribution < 1.29 is 32.9 Å². The van der Waals surface area contributed by atoms with Gasteiger partial charge in [0.05, 0.1) is 39.9 Å². The molecular formula is C65H116N2O6P+. The van der Waals surface area contributed by atoms with Gasteiger partial charge in [0, 0.05) is 6.42 Å². The minimum atomic E-state index is -4.34. The fourth-order valence-corrected chi connectivity index (χ4v) is 9.07. The number of carbonyl (C=O) groups excluding carboxylic acids is 1. The molecule has 0 fully saturated rings. The molecule has 0 aromatic carbocycles. The number of aliphatic hydroxyl groups excluding tert-OH is 1. The summed E-state index contributed by atoms with van der Waals surface area (Å²) in [5, 5.41) is 14.1. The zero-order valence-corrected chi connectivity index (χ0v) is 49.4. The van der Waals surface area contributed by atoms with Crippen molar-refractivity contribution in [2.45, 2.75) is 257 Å². The summed E-state index contributed by atoms with van der Waals surface area (Å²) in [4.78, 5) is 23.4. The van der Waals surface area contributed by atoms with E-state index in [0.717, 1.165) is 116 Å². The number of rotatable bonds is 54. The summed E-state index contributed by atoms with van der Waals surface area (Å²) in [7, 11) is 1.59. The van der Waals surface area contributed by atoms with Gasteiger partial charge in [-0.05, 0) is 83.5 Å². The van der Waals surface area contributed by atoms with Gasteiger partial charge in [0.2, 0.25) is 5.91 Å². The van der Waals surface area contributed by atoms with Crippen LogP contribution in [0.15, 0.2) is 109 Å². The number of allylic oxidation sites excluding steroid dienone is 18. The van der Waals surface area contributed by atoms with Gasteiger partial charge in [0.25, 0.3) is 0 Å². The molecule has 0 aliphatic rings. The highest BCUT2D eigenvalue weighted by Crippen LogP contribution is 2.43. The number of phosphoric acid groups is 1. The maximum absolute atomic E-state index is 13.0. The zero-order chi connectivity index (χ0) is 54.2. The number of aliphatic hydroxyl groups is 1. The normalized spacial score (nSPS) is 14.6. The Balaban J connectivity index is 4.23. The second-order valence-corrected chi connectivity index (χ2v) is 22.8. The number of carbonyl (C=O) groups is 1. The Kier molecular flexibility index (Phi) is 52.8. The summed E-state index contributed by atoms with van der Waals surface area (Å²) in [6.07, 6.45) is 80.0. The van der Waals surface area contributed by atoms with Crippen LogP contribution < -0.4 is 5.32 Å². The van der Waals surface area contributed by atoms with Gasteiger partial charge in [-0.25, -0.2) is 4.57 Å². The number of hydrogen-bond donors (Lipinski definition) is 3. The molecule has 0 aromatic heterocycles. The van der Waals surface area contributed by atoms with Crippen LogP contribution in [0.5, 0.6) is 0 Å². The van der Waals surface area contributed by atoms with E-state index in [1.807, 2.05) is 21.1 Å². The van der Waals surface area contributed by atoms with E-state index in [2.05, 4.69) is 129 Å². The lowest BCUT2D eigenvalue weighted by atomic mass is 10.0. The molecule has 9 heteroatoms. The molecule has 1 amide bonds. The maximum atomic E-state index is 13.0. The topological polar surface area (TPSA) is 105 Å². The Morgan fingerprint density at radius 3 is 1.19 bits per heavy atom. The van der Waals surface area contributed by atoms with Gasteiger partial charge >= 0.3 is 7.82 Å². The largest absolute Gasteiger partial charge is 0.472 e. The van der Waals surface area contributed by atoms with Crippen LogP contribution in [0.4, 0.5) is 0 Å². The molecule has 3 N–H and O–H groups in total. The van der Waals surface area contributed by atoms with Crippen LogP contribution in [0.25, 0.3) is 0 Å². The first kappa shape index (κ1) is 71.2. The van der Waals surface area contributed by atoms with Gasteiger partial charge in [0.15, 0.2) is 0 Å². The number of likely N-dealkylation sites (N-methyl/N-ethyl adjacent to an activating group) is 1. The van der Waals surface area contributed by atoms with Crippen molar-refractivity contribution in [3.63, 3.8) is 0 Å². The third-order valence-corrected chi connectivity index (χ3v) is 14.0. The lowest BCUT2D eigenvalue weighted by molar-refractivity contribution is -0.870. The van der Waals surface area contributed by atoms with Crippen molar-refractivity contribution in [2.24, 2.45) is 0 Å². The Labute approximate surface area is 457 Å².